The highest BCUT2D eigenvalue weighted by Crippen LogP contribution is 2.37. The van der Waals surface area contributed by atoms with Gasteiger partial charge in [0, 0.05) is 11.9 Å². The van der Waals surface area contributed by atoms with Crippen molar-refractivity contribution in [2.24, 2.45) is 5.92 Å². The summed E-state index contributed by atoms with van der Waals surface area (Å²) in [5, 5.41) is 8.89. The van der Waals surface area contributed by atoms with Crippen LogP contribution in [0.3, 0.4) is 0 Å². The summed E-state index contributed by atoms with van der Waals surface area (Å²) in [5.74, 6) is -0.138. The Labute approximate surface area is 89.2 Å². The van der Waals surface area contributed by atoms with Crippen molar-refractivity contribution in [3.05, 3.63) is 29.6 Å². The van der Waals surface area contributed by atoms with E-state index < -0.39 is 5.97 Å². The van der Waals surface area contributed by atoms with Crippen molar-refractivity contribution < 1.29 is 9.90 Å². The fourth-order valence-corrected chi connectivity index (χ4v) is 2.37. The second kappa shape index (κ2) is 4.01. The normalized spacial score (nSPS) is 24.6. The van der Waals surface area contributed by atoms with Crippen molar-refractivity contribution in [2.45, 2.75) is 32.1 Å². The highest BCUT2D eigenvalue weighted by molar-refractivity contribution is 5.68. The second-order valence-electron chi connectivity index (χ2n) is 4.26. The third kappa shape index (κ3) is 2.01. The average Bonchev–Trinajstić information content (AvgIpc) is 2.22. The number of fused-ring (bicyclic) bond motifs is 1. The van der Waals surface area contributed by atoms with Crippen molar-refractivity contribution in [1.29, 1.82) is 0 Å². The van der Waals surface area contributed by atoms with Gasteiger partial charge < -0.3 is 5.11 Å². The first-order chi connectivity index (χ1) is 7.18. The van der Waals surface area contributed by atoms with Crippen LogP contribution < -0.4 is 0 Å². The van der Waals surface area contributed by atoms with Gasteiger partial charge in [-0.15, -0.1) is 0 Å². The van der Waals surface area contributed by atoms with E-state index in [1.54, 1.807) is 6.20 Å². The number of aromatic nitrogens is 1. The fraction of sp³-hybridized carbons (Fsp3) is 0.500. The minimum atomic E-state index is -0.719. The molecule has 1 heterocycles. The molecular formula is C12H15NO2. The summed E-state index contributed by atoms with van der Waals surface area (Å²) in [5.41, 5.74) is 2.22. The number of aryl methyl sites for hydroxylation is 1. The molecule has 3 nitrogen and oxygen atoms in total. The molecule has 1 N–H and O–H groups in total. The van der Waals surface area contributed by atoms with Crippen LogP contribution >= 0.6 is 0 Å². The average molecular weight is 205 g/mol. The number of aliphatic carboxylic acids is 1. The maximum absolute atomic E-state index is 10.8. The highest BCUT2D eigenvalue weighted by Gasteiger charge is 2.28. The number of carboxylic acid groups (broad SMARTS) is 1. The van der Waals surface area contributed by atoms with Crippen LogP contribution in [0.15, 0.2) is 18.3 Å². The second-order valence-corrected chi connectivity index (χ2v) is 4.26. The quantitative estimate of drug-likeness (QED) is 0.805. The molecule has 0 aliphatic heterocycles. The Kier molecular flexibility index (Phi) is 2.71. The third-order valence-electron chi connectivity index (χ3n) is 3.24. The summed E-state index contributed by atoms with van der Waals surface area (Å²) in [6, 6.07) is 3.91. The zero-order valence-corrected chi connectivity index (χ0v) is 8.81. The third-order valence-corrected chi connectivity index (χ3v) is 3.24. The molecule has 0 amide bonds. The first kappa shape index (κ1) is 10.1. The molecule has 0 aromatic carbocycles. The van der Waals surface area contributed by atoms with Gasteiger partial charge in [-0.05, 0) is 36.3 Å². The minimum absolute atomic E-state index is 0.139. The molecule has 1 aromatic heterocycles. The van der Waals surface area contributed by atoms with E-state index in [0.29, 0.717) is 5.92 Å². The topological polar surface area (TPSA) is 50.2 Å². The van der Waals surface area contributed by atoms with Gasteiger partial charge in [-0.25, -0.2) is 0 Å². The smallest absolute Gasteiger partial charge is 0.303 e. The van der Waals surface area contributed by atoms with Gasteiger partial charge in [-0.2, -0.15) is 0 Å². The van der Waals surface area contributed by atoms with Crippen LogP contribution in [0, 0.1) is 5.92 Å². The van der Waals surface area contributed by atoms with Crippen LogP contribution in [-0.4, -0.2) is 16.1 Å². The molecule has 2 atom stereocenters. The van der Waals surface area contributed by atoms with Crippen molar-refractivity contribution in [1.82, 2.24) is 4.98 Å². The van der Waals surface area contributed by atoms with E-state index >= 15 is 0 Å². The van der Waals surface area contributed by atoms with Crippen LogP contribution in [-0.2, 0) is 11.2 Å². The zero-order chi connectivity index (χ0) is 10.8. The molecule has 15 heavy (non-hydrogen) atoms. The molecule has 2 unspecified atom stereocenters. The lowest BCUT2D eigenvalue weighted by Crippen LogP contribution is -2.21. The largest absolute Gasteiger partial charge is 0.481 e. The van der Waals surface area contributed by atoms with Gasteiger partial charge in [0.1, 0.15) is 0 Å². The Bertz CT molecular complexity index is 376. The maximum Gasteiger partial charge on any atom is 0.303 e. The van der Waals surface area contributed by atoms with E-state index in [1.807, 2.05) is 12.1 Å². The molecule has 1 aliphatic carbocycles. The lowest BCUT2D eigenvalue weighted by Gasteiger charge is -2.29. The Hall–Kier alpha value is -1.38. The van der Waals surface area contributed by atoms with E-state index in [9.17, 15) is 4.79 Å². The molecular weight excluding hydrogens is 190 g/mol. The Morgan fingerprint density at radius 1 is 1.67 bits per heavy atom. The number of nitrogens with zero attached hydrogens (tertiary/aromatic N) is 1. The molecule has 1 aliphatic rings. The summed E-state index contributed by atoms with van der Waals surface area (Å²) in [6.45, 7) is 2.13. The Morgan fingerprint density at radius 3 is 3.20 bits per heavy atom. The summed E-state index contributed by atoms with van der Waals surface area (Å²) >= 11 is 0. The number of hydrogen-bond donors (Lipinski definition) is 1. The lowest BCUT2D eigenvalue weighted by molar-refractivity contribution is -0.137. The Balaban J connectivity index is 2.32. The molecule has 2 rings (SSSR count). The van der Waals surface area contributed by atoms with Crippen LogP contribution in [0.2, 0.25) is 0 Å². The van der Waals surface area contributed by atoms with Gasteiger partial charge in [0.25, 0.3) is 0 Å². The monoisotopic (exact) mass is 205 g/mol. The number of carbonyl (C=O) groups is 1. The molecule has 0 fully saturated rings. The first-order valence-electron chi connectivity index (χ1n) is 5.34. The van der Waals surface area contributed by atoms with Gasteiger partial charge >= 0.3 is 5.97 Å². The number of pyridine rings is 1. The van der Waals surface area contributed by atoms with Crippen LogP contribution in [0.1, 0.15) is 36.9 Å². The van der Waals surface area contributed by atoms with E-state index in [0.717, 1.165) is 24.1 Å². The molecule has 0 spiro atoms. The summed E-state index contributed by atoms with van der Waals surface area (Å²) in [7, 11) is 0. The number of rotatable bonds is 2. The van der Waals surface area contributed by atoms with Gasteiger partial charge in [0.2, 0.25) is 0 Å². The SMILES string of the molecule is CC1CCc2ncccc2C1CC(=O)O. The predicted molar refractivity (Wildman–Crippen MR) is 56.7 cm³/mol. The Morgan fingerprint density at radius 2 is 2.47 bits per heavy atom. The van der Waals surface area contributed by atoms with Gasteiger partial charge in [-0.1, -0.05) is 13.0 Å². The highest BCUT2D eigenvalue weighted by atomic mass is 16.4. The van der Waals surface area contributed by atoms with Crippen molar-refractivity contribution in [2.75, 3.05) is 0 Å². The summed E-state index contributed by atoms with van der Waals surface area (Å²) < 4.78 is 0. The van der Waals surface area contributed by atoms with Crippen molar-refractivity contribution in [3.63, 3.8) is 0 Å². The first-order valence-corrected chi connectivity index (χ1v) is 5.34. The minimum Gasteiger partial charge on any atom is -0.481 e. The van der Waals surface area contributed by atoms with E-state index in [1.165, 1.54) is 0 Å². The zero-order valence-electron chi connectivity index (χ0n) is 8.81. The molecule has 0 radical (unpaired) electrons. The number of hydrogen-bond acceptors (Lipinski definition) is 2. The van der Waals surface area contributed by atoms with E-state index in [4.69, 9.17) is 5.11 Å². The molecule has 3 heteroatoms. The van der Waals surface area contributed by atoms with E-state index in [2.05, 4.69) is 11.9 Å². The molecule has 0 saturated carbocycles. The van der Waals surface area contributed by atoms with Crippen LogP contribution in [0.4, 0.5) is 0 Å². The summed E-state index contributed by atoms with van der Waals surface area (Å²) in [6.07, 6.45) is 4.03. The number of carboxylic acids is 1. The maximum atomic E-state index is 10.8. The molecule has 0 bridgehead atoms. The van der Waals surface area contributed by atoms with E-state index in [-0.39, 0.29) is 12.3 Å². The van der Waals surface area contributed by atoms with Crippen LogP contribution in [0.25, 0.3) is 0 Å². The standard InChI is InChI=1S/C12H15NO2/c1-8-4-5-11-9(3-2-6-13-11)10(8)7-12(14)15/h2-3,6,8,10H,4-5,7H2,1H3,(H,14,15). The molecule has 80 valence electrons. The predicted octanol–water partition coefficient (Wildman–Crippen LogP) is 2.22. The molecule has 1 aromatic rings. The fourth-order valence-electron chi connectivity index (χ4n) is 2.37. The lowest BCUT2D eigenvalue weighted by atomic mass is 9.76. The van der Waals surface area contributed by atoms with Crippen molar-refractivity contribution in [3.8, 4) is 0 Å². The van der Waals surface area contributed by atoms with Gasteiger partial charge in [-0.3, -0.25) is 9.78 Å². The van der Waals surface area contributed by atoms with Crippen molar-refractivity contribution >= 4 is 5.97 Å². The van der Waals surface area contributed by atoms with Gasteiger partial charge in [0.05, 0.1) is 6.42 Å². The van der Waals surface area contributed by atoms with Gasteiger partial charge in [0.15, 0.2) is 0 Å². The van der Waals surface area contributed by atoms with Crippen LogP contribution in [0.5, 0.6) is 0 Å². The molecule has 0 saturated heterocycles. The summed E-state index contributed by atoms with van der Waals surface area (Å²) in [4.78, 5) is 15.1.